The number of ether oxygens (including phenoxy) is 3. The molecule has 4 nitrogen and oxygen atoms in total. The van der Waals surface area contributed by atoms with Crippen LogP contribution in [0.1, 0.15) is 21.5 Å². The highest BCUT2D eigenvalue weighted by molar-refractivity contribution is 5.90. The lowest BCUT2D eigenvalue weighted by molar-refractivity contribution is 0.0590. The maximum atomic E-state index is 11.6. The van der Waals surface area contributed by atoms with Gasteiger partial charge >= 0.3 is 5.97 Å². The zero-order valence-corrected chi connectivity index (χ0v) is 12.2. The van der Waals surface area contributed by atoms with E-state index in [1.165, 1.54) is 7.11 Å². The van der Waals surface area contributed by atoms with Crippen molar-refractivity contribution in [1.82, 2.24) is 0 Å². The summed E-state index contributed by atoms with van der Waals surface area (Å²) in [6.45, 7) is 0.830. The van der Waals surface area contributed by atoms with Crippen molar-refractivity contribution in [2.45, 2.75) is 13.2 Å². The third kappa shape index (κ3) is 4.07. The van der Waals surface area contributed by atoms with Crippen molar-refractivity contribution in [1.29, 1.82) is 0 Å². The van der Waals surface area contributed by atoms with Gasteiger partial charge in [0.05, 0.1) is 33.0 Å². The summed E-state index contributed by atoms with van der Waals surface area (Å²) < 4.78 is 15.5. The van der Waals surface area contributed by atoms with Gasteiger partial charge in [0.25, 0.3) is 0 Å². The predicted octanol–water partition coefficient (Wildman–Crippen LogP) is 3.20. The average Bonchev–Trinajstić information content (AvgIpc) is 2.55. The van der Waals surface area contributed by atoms with Gasteiger partial charge < -0.3 is 14.2 Å². The van der Waals surface area contributed by atoms with Crippen molar-refractivity contribution in [3.05, 3.63) is 65.2 Å². The fourth-order valence-corrected chi connectivity index (χ4v) is 1.96. The normalized spacial score (nSPS) is 10.2. The number of carbonyl (C=O) groups is 1. The second kappa shape index (κ2) is 7.45. The topological polar surface area (TPSA) is 44.8 Å². The lowest BCUT2D eigenvalue weighted by Crippen LogP contribution is -2.06. The molecule has 0 amide bonds. The molecular formula is C17H18O4. The molecule has 2 aromatic carbocycles. The number of hydrogen-bond donors (Lipinski definition) is 0. The Kier molecular flexibility index (Phi) is 5.35. The van der Waals surface area contributed by atoms with Gasteiger partial charge in [0.15, 0.2) is 0 Å². The van der Waals surface area contributed by atoms with E-state index in [9.17, 15) is 4.79 Å². The van der Waals surface area contributed by atoms with Crippen LogP contribution in [0.3, 0.4) is 0 Å². The molecule has 0 atom stereocenters. The Morgan fingerprint density at radius 3 is 2.33 bits per heavy atom. The van der Waals surface area contributed by atoms with Gasteiger partial charge in [-0.1, -0.05) is 30.3 Å². The highest BCUT2D eigenvalue weighted by atomic mass is 16.5. The zero-order valence-electron chi connectivity index (χ0n) is 12.2. The molecule has 0 unspecified atom stereocenters. The van der Waals surface area contributed by atoms with E-state index in [1.807, 2.05) is 36.4 Å². The van der Waals surface area contributed by atoms with Gasteiger partial charge in [-0.05, 0) is 29.3 Å². The Balaban J connectivity index is 1.95. The largest absolute Gasteiger partial charge is 0.497 e. The molecular weight excluding hydrogens is 268 g/mol. The summed E-state index contributed by atoms with van der Waals surface area (Å²) in [7, 11) is 3.01. The average molecular weight is 286 g/mol. The summed E-state index contributed by atoms with van der Waals surface area (Å²) in [6.07, 6.45) is 0. The molecule has 0 aliphatic carbocycles. The molecule has 2 aromatic rings. The molecule has 0 saturated heterocycles. The van der Waals surface area contributed by atoms with Gasteiger partial charge in [0, 0.05) is 0 Å². The summed E-state index contributed by atoms with van der Waals surface area (Å²) >= 11 is 0. The van der Waals surface area contributed by atoms with Crippen molar-refractivity contribution >= 4 is 5.97 Å². The van der Waals surface area contributed by atoms with E-state index in [-0.39, 0.29) is 5.97 Å². The van der Waals surface area contributed by atoms with Crippen molar-refractivity contribution in [3.63, 3.8) is 0 Å². The minimum absolute atomic E-state index is 0.348. The fourth-order valence-electron chi connectivity index (χ4n) is 1.96. The molecule has 0 saturated carbocycles. The van der Waals surface area contributed by atoms with Crippen molar-refractivity contribution in [2.24, 2.45) is 0 Å². The number of rotatable bonds is 6. The molecule has 0 aromatic heterocycles. The van der Waals surface area contributed by atoms with Crippen LogP contribution >= 0.6 is 0 Å². The minimum Gasteiger partial charge on any atom is -0.497 e. The number of carbonyl (C=O) groups excluding carboxylic acids is 1. The molecule has 0 aliphatic heterocycles. The Morgan fingerprint density at radius 2 is 1.67 bits per heavy atom. The van der Waals surface area contributed by atoms with Gasteiger partial charge in [0.2, 0.25) is 0 Å². The third-order valence-electron chi connectivity index (χ3n) is 3.11. The zero-order chi connectivity index (χ0) is 15.1. The van der Waals surface area contributed by atoms with Crippen LogP contribution in [0.4, 0.5) is 0 Å². The maximum Gasteiger partial charge on any atom is 0.338 e. The van der Waals surface area contributed by atoms with E-state index in [2.05, 4.69) is 0 Å². The molecule has 110 valence electrons. The summed E-state index contributed by atoms with van der Waals surface area (Å²) in [4.78, 5) is 11.6. The first kappa shape index (κ1) is 15.1. The van der Waals surface area contributed by atoms with Crippen LogP contribution in [0.25, 0.3) is 0 Å². The van der Waals surface area contributed by atoms with Crippen LogP contribution in [0.2, 0.25) is 0 Å². The number of benzene rings is 2. The van der Waals surface area contributed by atoms with E-state index >= 15 is 0 Å². The molecule has 2 rings (SSSR count). The first-order chi connectivity index (χ1) is 10.2. The van der Waals surface area contributed by atoms with E-state index in [1.54, 1.807) is 19.2 Å². The van der Waals surface area contributed by atoms with E-state index in [0.29, 0.717) is 18.8 Å². The molecule has 0 bridgehead atoms. The Labute approximate surface area is 124 Å². The molecule has 0 fully saturated rings. The monoisotopic (exact) mass is 286 g/mol. The van der Waals surface area contributed by atoms with Crippen LogP contribution in [0, 0.1) is 0 Å². The maximum absolute atomic E-state index is 11.6. The van der Waals surface area contributed by atoms with Crippen molar-refractivity contribution < 1.29 is 19.0 Å². The molecule has 0 aliphatic rings. The van der Waals surface area contributed by atoms with Gasteiger partial charge in [-0.15, -0.1) is 0 Å². The highest BCUT2D eigenvalue weighted by Gasteiger charge is 2.10. The smallest absolute Gasteiger partial charge is 0.338 e. The highest BCUT2D eigenvalue weighted by Crippen LogP contribution is 2.15. The van der Waals surface area contributed by atoms with Crippen LogP contribution in [-0.2, 0) is 22.7 Å². The summed E-state index contributed by atoms with van der Waals surface area (Å²) in [5.41, 5.74) is 2.40. The molecule has 4 heteroatoms. The molecule has 0 heterocycles. The van der Waals surface area contributed by atoms with Gasteiger partial charge in [-0.3, -0.25) is 0 Å². The van der Waals surface area contributed by atoms with E-state index < -0.39 is 0 Å². The molecule has 0 N–H and O–H groups in total. The van der Waals surface area contributed by atoms with Gasteiger partial charge in [-0.25, -0.2) is 4.79 Å². The second-order valence-electron chi connectivity index (χ2n) is 4.49. The Morgan fingerprint density at radius 1 is 0.952 bits per heavy atom. The first-order valence-electron chi connectivity index (χ1n) is 6.61. The number of methoxy groups -OCH3 is 2. The Hall–Kier alpha value is -2.33. The van der Waals surface area contributed by atoms with Gasteiger partial charge in [-0.2, -0.15) is 0 Å². The van der Waals surface area contributed by atoms with Crippen LogP contribution in [0.15, 0.2) is 48.5 Å². The molecule has 21 heavy (non-hydrogen) atoms. The minimum atomic E-state index is -0.348. The summed E-state index contributed by atoms with van der Waals surface area (Å²) in [5, 5.41) is 0. The van der Waals surface area contributed by atoms with E-state index in [4.69, 9.17) is 14.2 Å². The number of hydrogen-bond acceptors (Lipinski definition) is 4. The van der Waals surface area contributed by atoms with Crippen LogP contribution in [0.5, 0.6) is 5.75 Å². The lowest BCUT2D eigenvalue weighted by Gasteiger charge is -2.09. The third-order valence-corrected chi connectivity index (χ3v) is 3.11. The van der Waals surface area contributed by atoms with Crippen molar-refractivity contribution in [2.75, 3.05) is 14.2 Å². The van der Waals surface area contributed by atoms with Crippen molar-refractivity contribution in [3.8, 4) is 5.75 Å². The Bertz CT molecular complexity index is 590. The van der Waals surface area contributed by atoms with Crippen LogP contribution < -0.4 is 4.74 Å². The molecule has 0 spiro atoms. The van der Waals surface area contributed by atoms with E-state index in [0.717, 1.165) is 16.9 Å². The van der Waals surface area contributed by atoms with Crippen LogP contribution in [-0.4, -0.2) is 20.2 Å². The second-order valence-corrected chi connectivity index (χ2v) is 4.49. The fraction of sp³-hybridized carbons (Fsp3) is 0.235. The predicted molar refractivity (Wildman–Crippen MR) is 79.3 cm³/mol. The standard InChI is InChI=1S/C17H18O4/c1-19-15-9-7-13(8-10-15)11-21-12-14-5-3-4-6-16(14)17(18)20-2/h3-10H,11-12H2,1-2H3. The van der Waals surface area contributed by atoms with Gasteiger partial charge in [0.1, 0.15) is 5.75 Å². The SMILES string of the molecule is COC(=O)c1ccccc1COCc1ccc(OC)cc1. The summed E-state index contributed by atoms with van der Waals surface area (Å²) in [5.74, 6) is 0.466. The first-order valence-corrected chi connectivity index (χ1v) is 6.61. The number of esters is 1. The molecule has 0 radical (unpaired) electrons. The lowest BCUT2D eigenvalue weighted by atomic mass is 10.1. The summed E-state index contributed by atoms with van der Waals surface area (Å²) in [6, 6.07) is 15.0. The quantitative estimate of drug-likeness (QED) is 0.765.